The van der Waals surface area contributed by atoms with Gasteiger partial charge in [0.2, 0.25) is 0 Å². The van der Waals surface area contributed by atoms with Gasteiger partial charge in [-0.15, -0.1) is 0 Å². The zero-order chi connectivity index (χ0) is 17.0. The van der Waals surface area contributed by atoms with Crippen molar-refractivity contribution in [3.8, 4) is 0 Å². The summed E-state index contributed by atoms with van der Waals surface area (Å²) in [5, 5.41) is 9.52. The van der Waals surface area contributed by atoms with Gasteiger partial charge in [0.1, 0.15) is 0 Å². The second kappa shape index (κ2) is 7.75. The number of pyridine rings is 1. The van der Waals surface area contributed by atoms with Crippen LogP contribution in [0, 0.1) is 11.8 Å². The van der Waals surface area contributed by atoms with Crippen LogP contribution in [0.4, 0.5) is 0 Å². The van der Waals surface area contributed by atoms with Crippen molar-refractivity contribution >= 4 is 5.91 Å². The lowest BCUT2D eigenvalue weighted by Crippen LogP contribution is -2.47. The Bertz CT molecular complexity index is 597. The van der Waals surface area contributed by atoms with Crippen LogP contribution in [-0.4, -0.2) is 65.7 Å². The van der Waals surface area contributed by atoms with Crippen LogP contribution in [0.5, 0.6) is 0 Å². The molecule has 0 unspecified atom stereocenters. The smallest absolute Gasteiger partial charge is 0.254 e. The number of aliphatic hydroxyl groups excluding tert-OH is 1. The average molecular weight is 321 g/mol. The highest BCUT2D eigenvalue weighted by Gasteiger charge is 2.30. The normalized spacial score (nSPS) is 21.7. The highest BCUT2D eigenvalue weighted by molar-refractivity contribution is 5.94. The first-order valence-electron chi connectivity index (χ1n) is 8.20. The number of carbonyl (C=O) groups excluding carboxylic acids is 1. The summed E-state index contributed by atoms with van der Waals surface area (Å²) >= 11 is 0. The topological polar surface area (TPSA) is 65.8 Å². The Kier molecular flexibility index (Phi) is 5.96. The van der Waals surface area contributed by atoms with Gasteiger partial charge >= 0.3 is 0 Å². The van der Waals surface area contributed by atoms with Crippen LogP contribution in [-0.2, 0) is 6.54 Å². The van der Waals surface area contributed by atoms with E-state index in [9.17, 15) is 14.7 Å². The number of nitrogens with zero attached hydrogens (tertiary/aromatic N) is 3. The molecule has 23 heavy (non-hydrogen) atoms. The Labute approximate surface area is 137 Å². The molecule has 1 N–H and O–H groups in total. The van der Waals surface area contributed by atoms with Crippen LogP contribution < -0.4 is 5.56 Å². The molecule has 1 aliphatic heterocycles. The number of hydrogen-bond acceptors (Lipinski definition) is 4. The van der Waals surface area contributed by atoms with Crippen molar-refractivity contribution in [1.29, 1.82) is 0 Å². The number of carbonyl (C=O) groups is 1. The summed E-state index contributed by atoms with van der Waals surface area (Å²) < 4.78 is 1.57. The van der Waals surface area contributed by atoms with Gasteiger partial charge in [0.05, 0.1) is 0 Å². The third-order valence-corrected chi connectivity index (χ3v) is 4.38. The molecule has 2 rings (SSSR count). The van der Waals surface area contributed by atoms with E-state index in [2.05, 4.69) is 4.90 Å². The van der Waals surface area contributed by atoms with Crippen LogP contribution in [0.25, 0.3) is 0 Å². The van der Waals surface area contributed by atoms with E-state index in [0.29, 0.717) is 31.1 Å². The molecule has 2 atom stereocenters. The summed E-state index contributed by atoms with van der Waals surface area (Å²) in [4.78, 5) is 28.5. The number of rotatable bonds is 5. The van der Waals surface area contributed by atoms with Gasteiger partial charge in [0.15, 0.2) is 0 Å². The summed E-state index contributed by atoms with van der Waals surface area (Å²) in [6.45, 7) is 4.68. The second-order valence-electron chi connectivity index (χ2n) is 6.66. The van der Waals surface area contributed by atoms with Crippen LogP contribution in [0.3, 0.4) is 0 Å². The Hall–Kier alpha value is -1.66. The average Bonchev–Trinajstić information content (AvgIpc) is 2.53. The van der Waals surface area contributed by atoms with Gasteiger partial charge in [-0.25, -0.2) is 0 Å². The molecule has 6 nitrogen and oxygen atoms in total. The fourth-order valence-electron chi connectivity index (χ4n) is 3.35. The van der Waals surface area contributed by atoms with Crippen molar-refractivity contribution in [2.75, 3.05) is 40.3 Å². The third kappa shape index (κ3) is 4.42. The molecular weight excluding hydrogens is 294 g/mol. The van der Waals surface area contributed by atoms with E-state index in [-0.39, 0.29) is 24.0 Å². The molecule has 0 bridgehead atoms. The van der Waals surface area contributed by atoms with E-state index in [4.69, 9.17) is 0 Å². The van der Waals surface area contributed by atoms with Crippen molar-refractivity contribution in [2.24, 2.45) is 11.8 Å². The number of aryl methyl sites for hydroxylation is 1. The van der Waals surface area contributed by atoms with Gasteiger partial charge < -0.3 is 19.5 Å². The monoisotopic (exact) mass is 321 g/mol. The summed E-state index contributed by atoms with van der Waals surface area (Å²) in [6.07, 6.45) is 2.59. The minimum Gasteiger partial charge on any atom is -0.396 e. The van der Waals surface area contributed by atoms with E-state index in [0.717, 1.165) is 13.0 Å². The lowest BCUT2D eigenvalue weighted by Gasteiger charge is -2.38. The van der Waals surface area contributed by atoms with Gasteiger partial charge in [0.25, 0.3) is 11.5 Å². The molecule has 0 saturated carbocycles. The van der Waals surface area contributed by atoms with Crippen molar-refractivity contribution < 1.29 is 9.90 Å². The zero-order valence-electron chi connectivity index (χ0n) is 14.2. The lowest BCUT2D eigenvalue weighted by atomic mass is 9.89. The SMILES string of the molecule is CCn1ccc(C(=O)N2C[C@H](CO)C[C@H](CN(C)C)C2)cc1=O. The van der Waals surface area contributed by atoms with Crippen molar-refractivity contribution in [3.63, 3.8) is 0 Å². The first kappa shape index (κ1) is 17.7. The first-order chi connectivity index (χ1) is 10.9. The van der Waals surface area contributed by atoms with Gasteiger partial charge in [-0.1, -0.05) is 0 Å². The summed E-state index contributed by atoms with van der Waals surface area (Å²) in [7, 11) is 4.03. The molecule has 1 aromatic rings. The summed E-state index contributed by atoms with van der Waals surface area (Å²) in [5.74, 6) is 0.330. The Balaban J connectivity index is 2.16. The van der Waals surface area contributed by atoms with E-state index < -0.39 is 0 Å². The number of hydrogen-bond donors (Lipinski definition) is 1. The van der Waals surface area contributed by atoms with E-state index in [1.54, 1.807) is 21.7 Å². The molecule has 0 aliphatic carbocycles. The van der Waals surface area contributed by atoms with Crippen molar-refractivity contribution in [3.05, 3.63) is 34.2 Å². The number of likely N-dealkylation sites (tertiary alicyclic amines) is 1. The minimum atomic E-state index is -0.154. The number of piperidine rings is 1. The third-order valence-electron chi connectivity index (χ3n) is 4.38. The van der Waals surface area contributed by atoms with E-state index >= 15 is 0 Å². The maximum atomic E-state index is 12.7. The molecular formula is C17H27N3O3. The highest BCUT2D eigenvalue weighted by Crippen LogP contribution is 2.23. The molecule has 1 aliphatic rings. The molecule has 2 heterocycles. The van der Waals surface area contributed by atoms with Crippen molar-refractivity contribution in [2.45, 2.75) is 19.9 Å². The van der Waals surface area contributed by atoms with Crippen LogP contribution in [0.15, 0.2) is 23.1 Å². The van der Waals surface area contributed by atoms with Crippen LogP contribution >= 0.6 is 0 Å². The molecule has 0 spiro atoms. The summed E-state index contributed by atoms with van der Waals surface area (Å²) in [6, 6.07) is 3.12. The van der Waals surface area contributed by atoms with Gasteiger partial charge in [-0.2, -0.15) is 0 Å². The molecule has 1 fully saturated rings. The molecule has 1 saturated heterocycles. The standard InChI is InChI=1S/C17H27N3O3/c1-4-19-6-5-15(8-16(19)22)17(23)20-10-13(9-18(2)3)7-14(11-20)12-21/h5-6,8,13-14,21H,4,7,9-12H2,1-3H3/t13-,14-/m1/s1. The Morgan fingerprint density at radius 1 is 1.35 bits per heavy atom. The number of amides is 1. The van der Waals surface area contributed by atoms with Crippen LogP contribution in [0.1, 0.15) is 23.7 Å². The lowest BCUT2D eigenvalue weighted by molar-refractivity contribution is 0.0477. The zero-order valence-corrected chi connectivity index (χ0v) is 14.2. The fraction of sp³-hybridized carbons (Fsp3) is 0.647. The van der Waals surface area contributed by atoms with E-state index in [1.807, 2.05) is 21.0 Å². The maximum Gasteiger partial charge on any atom is 0.254 e. The molecule has 128 valence electrons. The Morgan fingerprint density at radius 2 is 2.04 bits per heavy atom. The summed E-state index contributed by atoms with van der Waals surface area (Å²) in [5.41, 5.74) is 0.279. The largest absolute Gasteiger partial charge is 0.396 e. The van der Waals surface area contributed by atoms with Gasteiger partial charge in [-0.05, 0) is 45.3 Å². The number of aliphatic hydroxyl groups is 1. The molecule has 0 aromatic carbocycles. The molecule has 1 aromatic heterocycles. The Morgan fingerprint density at radius 3 is 2.61 bits per heavy atom. The minimum absolute atomic E-state index is 0.0884. The number of aromatic nitrogens is 1. The fourth-order valence-corrected chi connectivity index (χ4v) is 3.35. The maximum absolute atomic E-state index is 12.7. The van der Waals surface area contributed by atoms with E-state index in [1.165, 1.54) is 6.07 Å². The quantitative estimate of drug-likeness (QED) is 0.858. The molecule has 6 heteroatoms. The first-order valence-corrected chi connectivity index (χ1v) is 8.20. The predicted octanol–water partition coefficient (Wildman–Crippen LogP) is 0.500. The van der Waals surface area contributed by atoms with Crippen molar-refractivity contribution in [1.82, 2.24) is 14.4 Å². The predicted molar refractivity (Wildman–Crippen MR) is 89.5 cm³/mol. The molecule has 0 radical (unpaired) electrons. The van der Waals surface area contributed by atoms with Crippen LogP contribution in [0.2, 0.25) is 0 Å². The highest BCUT2D eigenvalue weighted by atomic mass is 16.3. The second-order valence-corrected chi connectivity index (χ2v) is 6.66. The molecule has 1 amide bonds. The van der Waals surface area contributed by atoms with Gasteiger partial charge in [-0.3, -0.25) is 9.59 Å². The van der Waals surface area contributed by atoms with Gasteiger partial charge in [0, 0.05) is 50.6 Å².